The fourth-order valence-corrected chi connectivity index (χ4v) is 3.57. The van der Waals surface area contributed by atoms with Crippen molar-refractivity contribution in [2.45, 2.75) is 46.6 Å². The molecule has 0 bridgehead atoms. The number of rotatable bonds is 3. The van der Waals surface area contributed by atoms with E-state index < -0.39 is 5.60 Å². The molecule has 0 spiro atoms. The molecule has 5 nitrogen and oxygen atoms in total. The second kappa shape index (κ2) is 7.38. The Morgan fingerprint density at radius 3 is 2.58 bits per heavy atom. The minimum absolute atomic E-state index is 0.288. The minimum Gasteiger partial charge on any atom is -0.463 e. The molecule has 0 N–H and O–H groups in total. The first-order chi connectivity index (χ1) is 11.2. The van der Waals surface area contributed by atoms with Crippen LogP contribution in [-0.4, -0.2) is 42.3 Å². The number of carbonyl (C=O) groups excluding carboxylic acids is 2. The van der Waals surface area contributed by atoms with E-state index in [1.165, 1.54) is 0 Å². The Bertz CT molecular complexity index is 654. The molecule has 132 valence electrons. The normalized spacial score (nSPS) is 15.5. The molecule has 1 aromatic heterocycles. The molecule has 0 fully saturated rings. The van der Waals surface area contributed by atoms with Crippen molar-refractivity contribution in [3.63, 3.8) is 0 Å². The molecule has 0 atom stereocenters. The number of ether oxygens (including phenoxy) is 2. The molecule has 6 heteroatoms. The zero-order valence-corrected chi connectivity index (χ0v) is 15.8. The monoisotopic (exact) mass is 351 g/mol. The van der Waals surface area contributed by atoms with Crippen LogP contribution in [0.3, 0.4) is 0 Å². The van der Waals surface area contributed by atoms with Gasteiger partial charge in [0, 0.05) is 17.0 Å². The number of esters is 1. The zero-order valence-electron chi connectivity index (χ0n) is 15.0. The van der Waals surface area contributed by atoms with Gasteiger partial charge in [-0.05, 0) is 63.6 Å². The Labute approximate surface area is 147 Å². The summed E-state index contributed by atoms with van der Waals surface area (Å²) in [7, 11) is 0. The summed E-state index contributed by atoms with van der Waals surface area (Å²) < 4.78 is 10.7. The van der Waals surface area contributed by atoms with E-state index in [0.717, 1.165) is 16.0 Å². The highest BCUT2D eigenvalue weighted by Gasteiger charge is 2.31. The van der Waals surface area contributed by atoms with Crippen LogP contribution in [-0.2, 0) is 14.3 Å². The van der Waals surface area contributed by atoms with Gasteiger partial charge in [0.05, 0.1) is 13.2 Å². The Balaban J connectivity index is 2.31. The lowest BCUT2D eigenvalue weighted by Crippen LogP contribution is -2.41. The van der Waals surface area contributed by atoms with Crippen molar-refractivity contribution in [2.75, 3.05) is 19.7 Å². The van der Waals surface area contributed by atoms with E-state index in [1.54, 1.807) is 23.2 Å². The first-order valence-corrected chi connectivity index (χ1v) is 9.02. The summed E-state index contributed by atoms with van der Waals surface area (Å²) in [4.78, 5) is 27.4. The topological polar surface area (TPSA) is 55.8 Å². The largest absolute Gasteiger partial charge is 0.463 e. The first kappa shape index (κ1) is 18.5. The molecule has 24 heavy (non-hydrogen) atoms. The predicted octanol–water partition coefficient (Wildman–Crippen LogP) is 4.01. The number of amides is 1. The lowest BCUT2D eigenvalue weighted by atomic mass is 9.97. The molecule has 2 rings (SSSR count). The smallest absolute Gasteiger partial charge is 0.410 e. The van der Waals surface area contributed by atoms with Gasteiger partial charge in [0.1, 0.15) is 5.60 Å². The van der Waals surface area contributed by atoms with Crippen LogP contribution in [0.25, 0.3) is 5.57 Å². The number of aryl methyl sites for hydroxylation is 1. The van der Waals surface area contributed by atoms with Gasteiger partial charge >= 0.3 is 12.1 Å². The van der Waals surface area contributed by atoms with Crippen molar-refractivity contribution in [1.82, 2.24) is 4.90 Å². The highest BCUT2D eigenvalue weighted by Crippen LogP contribution is 2.33. The molecule has 0 saturated heterocycles. The fraction of sp³-hybridized carbons (Fsp3) is 0.556. The molecular weight excluding hydrogens is 326 g/mol. The average molecular weight is 351 g/mol. The van der Waals surface area contributed by atoms with Crippen LogP contribution < -0.4 is 0 Å². The molecule has 1 aromatic rings. The summed E-state index contributed by atoms with van der Waals surface area (Å²) in [6.45, 7) is 10.5. The maximum Gasteiger partial charge on any atom is 0.410 e. The van der Waals surface area contributed by atoms with Crippen molar-refractivity contribution in [1.29, 1.82) is 0 Å². The molecule has 2 heterocycles. The highest BCUT2D eigenvalue weighted by molar-refractivity contribution is 7.11. The van der Waals surface area contributed by atoms with Gasteiger partial charge < -0.3 is 14.4 Å². The van der Waals surface area contributed by atoms with Gasteiger partial charge in [-0.15, -0.1) is 11.3 Å². The summed E-state index contributed by atoms with van der Waals surface area (Å²) in [6, 6.07) is 2.02. The number of hydrogen-bond donors (Lipinski definition) is 0. The Kier molecular flexibility index (Phi) is 5.70. The van der Waals surface area contributed by atoms with E-state index in [1.807, 2.05) is 39.1 Å². The third kappa shape index (κ3) is 4.38. The molecule has 1 aliphatic heterocycles. The molecule has 1 amide bonds. The van der Waals surface area contributed by atoms with E-state index in [0.29, 0.717) is 31.7 Å². The van der Waals surface area contributed by atoms with Gasteiger partial charge in [-0.25, -0.2) is 9.59 Å². The standard InChI is InChI=1S/C18H25NO4S/c1-6-22-16(20)13-7-9-19(17(21)23-18(3,4)5)11-14(13)15-12(2)8-10-24-15/h8,10H,6-7,9,11H2,1-5H3. The van der Waals surface area contributed by atoms with E-state index in [4.69, 9.17) is 9.47 Å². The van der Waals surface area contributed by atoms with E-state index in [9.17, 15) is 9.59 Å². The number of hydrogen-bond acceptors (Lipinski definition) is 5. The Morgan fingerprint density at radius 1 is 1.33 bits per heavy atom. The molecule has 0 unspecified atom stereocenters. The Morgan fingerprint density at radius 2 is 2.04 bits per heavy atom. The molecular formula is C18H25NO4S. The van der Waals surface area contributed by atoms with Crippen LogP contribution in [0.5, 0.6) is 0 Å². The summed E-state index contributed by atoms with van der Waals surface area (Å²) in [6.07, 6.45) is 0.127. The quantitative estimate of drug-likeness (QED) is 0.772. The highest BCUT2D eigenvalue weighted by atomic mass is 32.1. The van der Waals surface area contributed by atoms with Crippen LogP contribution in [0.4, 0.5) is 4.79 Å². The molecule has 1 aliphatic rings. The van der Waals surface area contributed by atoms with Gasteiger partial charge in [-0.3, -0.25) is 0 Å². The van der Waals surface area contributed by atoms with Gasteiger partial charge in [0.2, 0.25) is 0 Å². The molecule has 0 aromatic carbocycles. The van der Waals surface area contributed by atoms with Crippen molar-refractivity contribution in [3.8, 4) is 0 Å². The van der Waals surface area contributed by atoms with Crippen molar-refractivity contribution in [2.24, 2.45) is 0 Å². The second-order valence-corrected chi connectivity index (χ2v) is 7.68. The van der Waals surface area contributed by atoms with Gasteiger partial charge in [-0.1, -0.05) is 0 Å². The van der Waals surface area contributed by atoms with E-state index >= 15 is 0 Å². The summed E-state index contributed by atoms with van der Waals surface area (Å²) in [5.74, 6) is -0.288. The number of nitrogens with zero attached hydrogens (tertiary/aromatic N) is 1. The number of thiophene rings is 1. The van der Waals surface area contributed by atoms with Crippen molar-refractivity contribution < 1.29 is 19.1 Å². The SMILES string of the molecule is CCOC(=O)C1=C(c2sccc2C)CN(C(=O)OC(C)(C)C)CC1. The summed E-state index contributed by atoms with van der Waals surface area (Å²) in [5.41, 5.74) is 2.10. The lowest BCUT2D eigenvalue weighted by molar-refractivity contribution is -0.138. The zero-order chi connectivity index (χ0) is 17.9. The van der Waals surface area contributed by atoms with Gasteiger partial charge in [0.15, 0.2) is 0 Å². The maximum atomic E-state index is 12.4. The summed E-state index contributed by atoms with van der Waals surface area (Å²) >= 11 is 1.58. The van der Waals surface area contributed by atoms with Crippen LogP contribution in [0, 0.1) is 6.92 Å². The molecule has 0 aliphatic carbocycles. The lowest BCUT2D eigenvalue weighted by Gasteiger charge is -2.32. The van der Waals surface area contributed by atoms with Gasteiger partial charge in [0.25, 0.3) is 0 Å². The predicted molar refractivity (Wildman–Crippen MR) is 95.0 cm³/mol. The summed E-state index contributed by atoms with van der Waals surface area (Å²) in [5, 5.41) is 1.99. The third-order valence-corrected chi connectivity index (χ3v) is 4.73. The first-order valence-electron chi connectivity index (χ1n) is 8.14. The second-order valence-electron chi connectivity index (χ2n) is 6.76. The van der Waals surface area contributed by atoms with Crippen LogP contribution in [0.1, 0.15) is 44.6 Å². The van der Waals surface area contributed by atoms with Crippen LogP contribution in [0.15, 0.2) is 17.0 Å². The third-order valence-electron chi connectivity index (χ3n) is 3.65. The fourth-order valence-electron chi connectivity index (χ4n) is 2.58. The van der Waals surface area contributed by atoms with Crippen molar-refractivity contribution in [3.05, 3.63) is 27.5 Å². The average Bonchev–Trinajstić information content (AvgIpc) is 2.91. The minimum atomic E-state index is -0.540. The van der Waals surface area contributed by atoms with Crippen LogP contribution in [0.2, 0.25) is 0 Å². The van der Waals surface area contributed by atoms with Gasteiger partial charge in [-0.2, -0.15) is 0 Å². The number of carbonyl (C=O) groups is 2. The Hall–Kier alpha value is -1.82. The maximum absolute atomic E-state index is 12.4. The van der Waals surface area contributed by atoms with Crippen molar-refractivity contribution >= 4 is 29.0 Å². The molecule has 0 saturated carbocycles. The molecule has 0 radical (unpaired) electrons. The van der Waals surface area contributed by atoms with E-state index in [-0.39, 0.29) is 12.1 Å². The van der Waals surface area contributed by atoms with E-state index in [2.05, 4.69) is 0 Å². The van der Waals surface area contributed by atoms with Crippen LogP contribution >= 0.6 is 11.3 Å².